The van der Waals surface area contributed by atoms with E-state index in [2.05, 4.69) is 10.0 Å². The molecule has 0 aliphatic carbocycles. The van der Waals surface area contributed by atoms with Crippen molar-refractivity contribution in [2.45, 2.75) is 6.42 Å². The van der Waals surface area contributed by atoms with E-state index in [-0.39, 0.29) is 0 Å². The van der Waals surface area contributed by atoms with Gasteiger partial charge in [0.1, 0.15) is 12.0 Å². The maximum absolute atomic E-state index is 10.7. The van der Waals surface area contributed by atoms with Crippen LogP contribution in [0.3, 0.4) is 0 Å². The standard InChI is InChI=1S/C11H11N3O3/c12-14-13-4-1-5-17-11-6-9(7-15)2-3-10(11)8-16/h2-3,6-8H,1,4-5H2. The molecule has 0 radical (unpaired) electrons. The number of rotatable bonds is 7. The zero-order valence-electron chi connectivity index (χ0n) is 9.07. The number of azide groups is 1. The molecule has 6 heteroatoms. The molecule has 0 spiro atoms. The SMILES string of the molecule is [N-]=[N+]=NCCCOc1cc(C=O)ccc1C=O. The van der Waals surface area contributed by atoms with Crippen LogP contribution in [0.1, 0.15) is 27.1 Å². The predicted octanol–water partition coefficient (Wildman–Crippen LogP) is 2.39. The molecule has 0 aliphatic heterocycles. The smallest absolute Gasteiger partial charge is 0.153 e. The summed E-state index contributed by atoms with van der Waals surface area (Å²) in [6, 6.07) is 4.58. The van der Waals surface area contributed by atoms with Gasteiger partial charge in [-0.3, -0.25) is 9.59 Å². The third-order valence-corrected chi connectivity index (χ3v) is 2.02. The maximum atomic E-state index is 10.7. The normalized spacial score (nSPS) is 9.18. The average molecular weight is 233 g/mol. The minimum absolute atomic E-state index is 0.322. The Kier molecular flexibility index (Phi) is 5.27. The van der Waals surface area contributed by atoms with E-state index in [0.29, 0.717) is 49.0 Å². The van der Waals surface area contributed by atoms with Crippen LogP contribution in [0, 0.1) is 0 Å². The van der Waals surface area contributed by atoms with Crippen molar-refractivity contribution in [1.29, 1.82) is 0 Å². The Morgan fingerprint density at radius 1 is 1.35 bits per heavy atom. The summed E-state index contributed by atoms with van der Waals surface area (Å²) in [5.74, 6) is 0.366. The summed E-state index contributed by atoms with van der Waals surface area (Å²) in [7, 11) is 0. The minimum atomic E-state index is 0.322. The molecule has 0 fully saturated rings. The van der Waals surface area contributed by atoms with E-state index in [1.54, 1.807) is 6.07 Å². The highest BCUT2D eigenvalue weighted by Gasteiger charge is 2.04. The van der Waals surface area contributed by atoms with Gasteiger partial charge in [-0.25, -0.2) is 0 Å². The topological polar surface area (TPSA) is 92.1 Å². The first kappa shape index (κ1) is 12.7. The first-order valence-corrected chi connectivity index (χ1v) is 5.00. The number of nitrogens with zero attached hydrogens (tertiary/aromatic N) is 3. The second kappa shape index (κ2) is 7.03. The molecule has 0 unspecified atom stereocenters. The Hall–Kier alpha value is -2.33. The van der Waals surface area contributed by atoms with E-state index < -0.39 is 0 Å². The molecule has 0 atom stereocenters. The van der Waals surface area contributed by atoms with Gasteiger partial charge in [0.25, 0.3) is 0 Å². The monoisotopic (exact) mass is 233 g/mol. The lowest BCUT2D eigenvalue weighted by Gasteiger charge is -2.07. The zero-order valence-corrected chi connectivity index (χ0v) is 9.07. The van der Waals surface area contributed by atoms with E-state index in [1.165, 1.54) is 12.1 Å². The van der Waals surface area contributed by atoms with Crippen molar-refractivity contribution < 1.29 is 14.3 Å². The Labute approximate surface area is 97.8 Å². The van der Waals surface area contributed by atoms with E-state index in [4.69, 9.17) is 10.3 Å². The van der Waals surface area contributed by atoms with Crippen LogP contribution in [0.25, 0.3) is 10.4 Å². The Morgan fingerprint density at radius 2 is 2.18 bits per heavy atom. The molecule has 0 bridgehead atoms. The van der Waals surface area contributed by atoms with Gasteiger partial charge in [-0.1, -0.05) is 11.2 Å². The zero-order chi connectivity index (χ0) is 12.5. The Bertz CT molecular complexity index is 453. The van der Waals surface area contributed by atoms with Gasteiger partial charge in [0, 0.05) is 17.0 Å². The lowest BCUT2D eigenvalue weighted by atomic mass is 10.1. The fraction of sp³-hybridized carbons (Fsp3) is 0.273. The van der Waals surface area contributed by atoms with Crippen molar-refractivity contribution in [2.24, 2.45) is 5.11 Å². The highest BCUT2D eigenvalue weighted by Crippen LogP contribution is 2.18. The summed E-state index contributed by atoms with van der Waals surface area (Å²) in [6.07, 6.45) is 1.90. The van der Waals surface area contributed by atoms with Crippen molar-refractivity contribution in [3.05, 3.63) is 39.8 Å². The molecule has 0 heterocycles. The van der Waals surface area contributed by atoms with Gasteiger partial charge in [0.2, 0.25) is 0 Å². The van der Waals surface area contributed by atoms with Gasteiger partial charge in [0.15, 0.2) is 6.29 Å². The lowest BCUT2D eigenvalue weighted by Crippen LogP contribution is -2.02. The van der Waals surface area contributed by atoms with Gasteiger partial charge < -0.3 is 4.74 Å². The summed E-state index contributed by atoms with van der Waals surface area (Å²) in [6.45, 7) is 0.655. The first-order chi connectivity index (χ1) is 8.31. The van der Waals surface area contributed by atoms with Crippen LogP contribution in [0.5, 0.6) is 5.75 Å². The summed E-state index contributed by atoms with van der Waals surface area (Å²) in [5, 5.41) is 3.35. The number of ether oxygens (including phenoxy) is 1. The molecule has 88 valence electrons. The van der Waals surface area contributed by atoms with Gasteiger partial charge in [0.05, 0.1) is 12.2 Å². The van der Waals surface area contributed by atoms with E-state index in [9.17, 15) is 9.59 Å². The fourth-order valence-electron chi connectivity index (χ4n) is 1.21. The number of benzene rings is 1. The molecule has 1 aromatic carbocycles. The molecular formula is C11H11N3O3. The number of hydrogen-bond donors (Lipinski definition) is 0. The molecule has 1 aromatic rings. The average Bonchev–Trinajstić information content (AvgIpc) is 2.38. The predicted molar refractivity (Wildman–Crippen MR) is 61.3 cm³/mol. The molecule has 0 N–H and O–H groups in total. The number of aldehydes is 2. The first-order valence-electron chi connectivity index (χ1n) is 5.00. The highest BCUT2D eigenvalue weighted by atomic mass is 16.5. The van der Waals surface area contributed by atoms with Gasteiger partial charge in [-0.05, 0) is 24.1 Å². The van der Waals surface area contributed by atoms with Crippen LogP contribution in [-0.2, 0) is 0 Å². The molecule has 0 saturated heterocycles. The van der Waals surface area contributed by atoms with Crippen molar-refractivity contribution in [2.75, 3.05) is 13.2 Å². The van der Waals surface area contributed by atoms with E-state index >= 15 is 0 Å². The third-order valence-electron chi connectivity index (χ3n) is 2.02. The number of hydrogen-bond acceptors (Lipinski definition) is 4. The van der Waals surface area contributed by atoms with E-state index in [1.807, 2.05) is 0 Å². The summed E-state index contributed by atoms with van der Waals surface area (Å²) in [5.41, 5.74) is 8.90. The molecule has 1 rings (SSSR count). The highest BCUT2D eigenvalue weighted by molar-refractivity contribution is 5.83. The van der Waals surface area contributed by atoms with Crippen LogP contribution in [0.4, 0.5) is 0 Å². The van der Waals surface area contributed by atoms with Crippen LogP contribution >= 0.6 is 0 Å². The maximum Gasteiger partial charge on any atom is 0.153 e. The van der Waals surface area contributed by atoms with E-state index in [0.717, 1.165) is 0 Å². The molecule has 0 saturated carbocycles. The van der Waals surface area contributed by atoms with Crippen molar-refractivity contribution in [3.63, 3.8) is 0 Å². The Morgan fingerprint density at radius 3 is 2.82 bits per heavy atom. The number of carbonyl (C=O) groups excluding carboxylic acids is 2. The Balaban J connectivity index is 2.64. The molecule has 17 heavy (non-hydrogen) atoms. The van der Waals surface area contributed by atoms with Crippen LogP contribution in [0.2, 0.25) is 0 Å². The number of carbonyl (C=O) groups is 2. The van der Waals surface area contributed by atoms with Gasteiger partial charge >= 0.3 is 0 Å². The molecule has 0 amide bonds. The fourth-order valence-corrected chi connectivity index (χ4v) is 1.21. The summed E-state index contributed by atoms with van der Waals surface area (Å²) < 4.78 is 5.34. The van der Waals surface area contributed by atoms with Crippen LogP contribution in [-0.4, -0.2) is 25.7 Å². The second-order valence-electron chi connectivity index (χ2n) is 3.19. The van der Waals surface area contributed by atoms with Gasteiger partial charge in [-0.15, -0.1) is 0 Å². The van der Waals surface area contributed by atoms with Crippen molar-refractivity contribution in [3.8, 4) is 5.75 Å². The second-order valence-corrected chi connectivity index (χ2v) is 3.19. The quantitative estimate of drug-likeness (QED) is 0.238. The third kappa shape index (κ3) is 3.96. The summed E-state index contributed by atoms with van der Waals surface area (Å²) in [4.78, 5) is 23.9. The molecule has 0 aromatic heterocycles. The largest absolute Gasteiger partial charge is 0.493 e. The van der Waals surface area contributed by atoms with Gasteiger partial charge in [-0.2, -0.15) is 0 Å². The van der Waals surface area contributed by atoms with Crippen LogP contribution < -0.4 is 4.74 Å². The lowest BCUT2D eigenvalue weighted by molar-refractivity contribution is 0.110. The van der Waals surface area contributed by atoms with Crippen LogP contribution in [0.15, 0.2) is 23.3 Å². The minimum Gasteiger partial charge on any atom is -0.493 e. The molecular weight excluding hydrogens is 222 g/mol. The van der Waals surface area contributed by atoms with Crippen molar-refractivity contribution >= 4 is 12.6 Å². The molecule has 0 aliphatic rings. The molecule has 6 nitrogen and oxygen atoms in total. The summed E-state index contributed by atoms with van der Waals surface area (Å²) >= 11 is 0. The van der Waals surface area contributed by atoms with Crippen molar-refractivity contribution in [1.82, 2.24) is 0 Å².